The second-order valence-electron chi connectivity index (χ2n) is 8.94. The van der Waals surface area contributed by atoms with Crippen molar-refractivity contribution in [2.75, 3.05) is 39.3 Å². The summed E-state index contributed by atoms with van der Waals surface area (Å²) in [6.45, 7) is 9.93. The van der Waals surface area contributed by atoms with Crippen molar-refractivity contribution in [1.29, 1.82) is 0 Å². The lowest BCUT2D eigenvalue weighted by Crippen LogP contribution is -2.53. The Morgan fingerprint density at radius 3 is 2.33 bits per heavy atom. The first-order valence-corrected chi connectivity index (χ1v) is 11.4. The van der Waals surface area contributed by atoms with Crippen molar-refractivity contribution in [3.05, 3.63) is 46.1 Å². The topological polar surface area (TPSA) is 100 Å². The Hall–Kier alpha value is -2.78. The molecule has 33 heavy (non-hydrogen) atoms. The number of rotatable bonds is 5. The molecule has 10 heteroatoms. The fourth-order valence-corrected chi connectivity index (χ4v) is 3.86. The van der Waals surface area contributed by atoms with E-state index in [1.807, 2.05) is 20.8 Å². The van der Waals surface area contributed by atoms with Crippen molar-refractivity contribution < 1.29 is 23.9 Å². The van der Waals surface area contributed by atoms with Crippen molar-refractivity contribution in [2.45, 2.75) is 39.3 Å². The number of halogens is 1. The molecule has 2 heterocycles. The summed E-state index contributed by atoms with van der Waals surface area (Å²) in [4.78, 5) is 41.4. The van der Waals surface area contributed by atoms with Gasteiger partial charge >= 0.3 is 18.1 Å². The number of urea groups is 1. The number of nitrogens with zero attached hydrogens (tertiary/aromatic N) is 2. The van der Waals surface area contributed by atoms with Crippen LogP contribution in [-0.4, -0.2) is 72.8 Å². The second kappa shape index (κ2) is 10.4. The minimum atomic E-state index is -0.659. The predicted octanol–water partition coefficient (Wildman–Crippen LogP) is 3.06. The van der Waals surface area contributed by atoms with E-state index in [0.29, 0.717) is 49.0 Å². The number of hydrogen-bond donors (Lipinski definition) is 2. The van der Waals surface area contributed by atoms with E-state index in [1.165, 1.54) is 0 Å². The van der Waals surface area contributed by atoms with E-state index in [4.69, 9.17) is 21.1 Å². The fourth-order valence-electron chi connectivity index (χ4n) is 3.74. The van der Waals surface area contributed by atoms with Crippen LogP contribution in [0.5, 0.6) is 0 Å². The van der Waals surface area contributed by atoms with Crippen LogP contribution in [0.2, 0.25) is 5.02 Å². The van der Waals surface area contributed by atoms with Gasteiger partial charge in [0.05, 0.1) is 18.2 Å². The first kappa shape index (κ1) is 24.9. The monoisotopic (exact) mass is 478 g/mol. The summed E-state index contributed by atoms with van der Waals surface area (Å²) in [5.41, 5.74) is 1.02. The van der Waals surface area contributed by atoms with Gasteiger partial charge in [0.15, 0.2) is 0 Å². The third kappa shape index (κ3) is 6.61. The largest absolute Gasteiger partial charge is 0.463 e. The van der Waals surface area contributed by atoms with Gasteiger partial charge in [0.2, 0.25) is 0 Å². The highest BCUT2D eigenvalue weighted by molar-refractivity contribution is 6.30. The zero-order valence-electron chi connectivity index (χ0n) is 19.4. The van der Waals surface area contributed by atoms with Crippen LogP contribution in [0.1, 0.15) is 39.3 Å². The number of nitrogens with one attached hydrogen (secondary N) is 2. The van der Waals surface area contributed by atoms with Gasteiger partial charge in [0.25, 0.3) is 0 Å². The minimum absolute atomic E-state index is 0.214. The van der Waals surface area contributed by atoms with Crippen molar-refractivity contribution in [1.82, 2.24) is 20.4 Å². The molecule has 3 rings (SSSR count). The zero-order chi connectivity index (χ0) is 24.2. The van der Waals surface area contributed by atoms with Gasteiger partial charge in [-0.2, -0.15) is 0 Å². The summed E-state index contributed by atoms with van der Waals surface area (Å²) in [5, 5.41) is 6.16. The van der Waals surface area contributed by atoms with Crippen LogP contribution in [0.15, 0.2) is 35.5 Å². The van der Waals surface area contributed by atoms with Crippen LogP contribution in [-0.2, 0) is 14.3 Å². The molecule has 0 bridgehead atoms. The molecule has 1 unspecified atom stereocenters. The molecule has 180 valence electrons. The molecular weight excluding hydrogens is 448 g/mol. The van der Waals surface area contributed by atoms with Gasteiger partial charge in [-0.3, -0.25) is 4.90 Å². The maximum absolute atomic E-state index is 12.9. The van der Waals surface area contributed by atoms with Crippen LogP contribution in [0.3, 0.4) is 0 Å². The Bertz CT molecular complexity index is 918. The van der Waals surface area contributed by atoms with E-state index in [-0.39, 0.29) is 12.7 Å². The molecule has 0 spiro atoms. The Balaban J connectivity index is 1.79. The molecule has 2 aliphatic rings. The van der Waals surface area contributed by atoms with E-state index >= 15 is 0 Å². The van der Waals surface area contributed by atoms with Gasteiger partial charge in [-0.1, -0.05) is 23.7 Å². The molecule has 1 fully saturated rings. The molecule has 1 aromatic carbocycles. The average Bonchev–Trinajstić information content (AvgIpc) is 2.73. The van der Waals surface area contributed by atoms with Crippen LogP contribution in [0, 0.1) is 0 Å². The van der Waals surface area contributed by atoms with Crippen molar-refractivity contribution in [3.63, 3.8) is 0 Å². The first-order valence-electron chi connectivity index (χ1n) is 11.0. The molecule has 1 saturated heterocycles. The lowest BCUT2D eigenvalue weighted by molar-refractivity contribution is -0.139. The van der Waals surface area contributed by atoms with Gasteiger partial charge in [0.1, 0.15) is 5.60 Å². The molecular formula is C23H31ClN4O5. The Morgan fingerprint density at radius 2 is 1.76 bits per heavy atom. The Morgan fingerprint density at radius 1 is 1.12 bits per heavy atom. The van der Waals surface area contributed by atoms with Gasteiger partial charge in [0, 0.05) is 43.4 Å². The van der Waals surface area contributed by atoms with Crippen LogP contribution in [0.25, 0.3) is 0 Å². The number of carbonyl (C=O) groups is 3. The highest BCUT2D eigenvalue weighted by Crippen LogP contribution is 2.29. The second-order valence-corrected chi connectivity index (χ2v) is 9.38. The number of hydrogen-bond acceptors (Lipinski definition) is 6. The summed E-state index contributed by atoms with van der Waals surface area (Å²) < 4.78 is 10.8. The number of ether oxygens (including phenoxy) is 2. The maximum Gasteiger partial charge on any atom is 0.410 e. The SMILES string of the molecule is CCOC(=O)C1=C(CN2CCN(C(=O)OC(C)(C)C)CC2)NC(=O)NC1c1ccc(Cl)cc1. The van der Waals surface area contributed by atoms with Gasteiger partial charge in [-0.05, 0) is 45.4 Å². The van der Waals surface area contributed by atoms with Gasteiger partial charge in [-0.15, -0.1) is 0 Å². The zero-order valence-corrected chi connectivity index (χ0v) is 20.2. The van der Waals surface area contributed by atoms with Crippen LogP contribution in [0.4, 0.5) is 9.59 Å². The van der Waals surface area contributed by atoms with Crippen LogP contribution >= 0.6 is 11.6 Å². The average molecular weight is 479 g/mol. The van der Waals surface area contributed by atoms with Crippen molar-refractivity contribution in [3.8, 4) is 0 Å². The molecule has 1 aromatic rings. The fraction of sp³-hybridized carbons (Fsp3) is 0.522. The van der Waals surface area contributed by atoms with Crippen molar-refractivity contribution in [2.24, 2.45) is 0 Å². The van der Waals surface area contributed by atoms with E-state index in [0.717, 1.165) is 5.56 Å². The molecule has 9 nitrogen and oxygen atoms in total. The van der Waals surface area contributed by atoms with Crippen LogP contribution < -0.4 is 10.6 Å². The lowest BCUT2D eigenvalue weighted by atomic mass is 9.95. The highest BCUT2D eigenvalue weighted by atomic mass is 35.5. The Kier molecular flexibility index (Phi) is 7.86. The minimum Gasteiger partial charge on any atom is -0.463 e. The van der Waals surface area contributed by atoms with Gasteiger partial charge in [-0.25, -0.2) is 14.4 Å². The third-order valence-corrected chi connectivity index (χ3v) is 5.51. The van der Waals surface area contributed by atoms with E-state index in [9.17, 15) is 14.4 Å². The highest BCUT2D eigenvalue weighted by Gasteiger charge is 2.35. The van der Waals surface area contributed by atoms with E-state index < -0.39 is 23.6 Å². The quantitative estimate of drug-likeness (QED) is 0.631. The molecule has 1 atom stereocenters. The van der Waals surface area contributed by atoms with E-state index in [1.54, 1.807) is 36.1 Å². The predicted molar refractivity (Wildman–Crippen MR) is 124 cm³/mol. The smallest absolute Gasteiger partial charge is 0.410 e. The van der Waals surface area contributed by atoms with Gasteiger partial charge < -0.3 is 25.0 Å². The number of piperazine rings is 1. The summed E-state index contributed by atoms with van der Waals surface area (Å²) in [6, 6.07) is 5.91. The normalized spacial score (nSPS) is 19.6. The Labute approximate surface area is 199 Å². The molecule has 2 aliphatic heterocycles. The number of benzene rings is 1. The lowest BCUT2D eigenvalue weighted by Gasteiger charge is -2.37. The maximum atomic E-state index is 12.9. The summed E-state index contributed by atoms with van der Waals surface area (Å²) in [5.74, 6) is -0.493. The summed E-state index contributed by atoms with van der Waals surface area (Å²) >= 11 is 6.01. The number of esters is 1. The standard InChI is InChI=1S/C23H31ClN4O5/c1-5-32-20(29)18-17(25-21(30)26-19(18)15-6-8-16(24)9-7-15)14-27-10-12-28(13-11-27)22(31)33-23(2,3)4/h6-9,19H,5,10-14H2,1-4H3,(H2,25,26,30). The molecule has 2 N–H and O–H groups in total. The first-order chi connectivity index (χ1) is 15.6. The third-order valence-electron chi connectivity index (χ3n) is 5.26. The molecule has 0 radical (unpaired) electrons. The molecule has 0 saturated carbocycles. The van der Waals surface area contributed by atoms with E-state index in [2.05, 4.69) is 15.5 Å². The molecule has 3 amide bonds. The molecule has 0 aliphatic carbocycles. The van der Waals surface area contributed by atoms with Crippen molar-refractivity contribution >= 4 is 29.7 Å². The number of carbonyl (C=O) groups excluding carboxylic acids is 3. The summed E-state index contributed by atoms with van der Waals surface area (Å²) in [6.07, 6.45) is -0.341. The molecule has 0 aromatic heterocycles. The summed E-state index contributed by atoms with van der Waals surface area (Å²) in [7, 11) is 0. The number of amides is 3.